The molecule has 0 atom stereocenters. The maximum atomic E-state index is 11.2. The molecule has 6 heteroatoms. The molecular weight excluding hydrogens is 286 g/mol. The summed E-state index contributed by atoms with van der Waals surface area (Å²) in [5.74, 6) is -0.543. The Bertz CT molecular complexity index is 440. The molecule has 0 saturated carbocycles. The van der Waals surface area contributed by atoms with Gasteiger partial charge in [-0.25, -0.2) is 0 Å². The predicted molar refractivity (Wildman–Crippen MR) is 67.0 cm³/mol. The van der Waals surface area contributed by atoms with E-state index in [0.717, 1.165) is 10.0 Å². The molecule has 2 rings (SSSR count). The van der Waals surface area contributed by atoms with Crippen LogP contribution in [0.2, 0.25) is 0 Å². The molecule has 0 aliphatic carbocycles. The number of carbonyl (C=O) groups excluding carboxylic acids is 2. The van der Waals surface area contributed by atoms with Gasteiger partial charge in [-0.1, -0.05) is 22.0 Å². The summed E-state index contributed by atoms with van der Waals surface area (Å²) in [6.07, 6.45) is 0. The lowest BCUT2D eigenvalue weighted by atomic mass is 10.1. The van der Waals surface area contributed by atoms with Crippen LogP contribution in [0.1, 0.15) is 5.56 Å². The molecule has 90 valence electrons. The second-order valence-electron chi connectivity index (χ2n) is 3.92. The number of imide groups is 1. The molecule has 5 nitrogen and oxygen atoms in total. The zero-order valence-electron chi connectivity index (χ0n) is 9.07. The number of halogens is 1. The van der Waals surface area contributed by atoms with E-state index >= 15 is 0 Å². The number of anilines is 1. The highest BCUT2D eigenvalue weighted by Crippen LogP contribution is 2.24. The maximum Gasteiger partial charge on any atom is 0.240 e. The summed E-state index contributed by atoms with van der Waals surface area (Å²) in [5, 5.41) is 2.26. The number of benzene rings is 1. The number of rotatable bonds is 2. The zero-order valence-corrected chi connectivity index (χ0v) is 10.7. The van der Waals surface area contributed by atoms with Gasteiger partial charge in [-0.3, -0.25) is 19.8 Å². The summed E-state index contributed by atoms with van der Waals surface area (Å²) in [7, 11) is 0. The largest absolute Gasteiger partial charge is 0.398 e. The van der Waals surface area contributed by atoms with Gasteiger partial charge in [-0.15, -0.1) is 0 Å². The van der Waals surface area contributed by atoms with Gasteiger partial charge in [0.1, 0.15) is 0 Å². The number of nitrogen functional groups attached to an aromatic ring is 1. The Labute approximate surface area is 107 Å². The smallest absolute Gasteiger partial charge is 0.240 e. The van der Waals surface area contributed by atoms with E-state index in [9.17, 15) is 9.59 Å². The molecule has 1 fully saturated rings. The second kappa shape index (κ2) is 4.85. The van der Waals surface area contributed by atoms with Crippen molar-refractivity contribution in [1.82, 2.24) is 10.2 Å². The highest BCUT2D eigenvalue weighted by molar-refractivity contribution is 9.10. The number of carbonyl (C=O) groups is 2. The molecule has 0 bridgehead atoms. The summed E-state index contributed by atoms with van der Waals surface area (Å²) in [5.41, 5.74) is 7.41. The lowest BCUT2D eigenvalue weighted by molar-refractivity contribution is -0.136. The number of nitrogens with two attached hydrogens (primary N) is 1. The summed E-state index contributed by atoms with van der Waals surface area (Å²) in [6, 6.07) is 5.53. The fourth-order valence-corrected chi connectivity index (χ4v) is 2.28. The molecule has 1 aliphatic heterocycles. The molecule has 1 saturated heterocycles. The first kappa shape index (κ1) is 12.1. The highest BCUT2D eigenvalue weighted by atomic mass is 79.9. The Morgan fingerprint density at radius 3 is 2.53 bits per heavy atom. The topological polar surface area (TPSA) is 75.4 Å². The van der Waals surface area contributed by atoms with Gasteiger partial charge in [0.25, 0.3) is 0 Å². The molecule has 0 radical (unpaired) electrons. The van der Waals surface area contributed by atoms with E-state index in [4.69, 9.17) is 5.73 Å². The third kappa shape index (κ3) is 2.83. The van der Waals surface area contributed by atoms with E-state index in [1.54, 1.807) is 11.0 Å². The Balaban J connectivity index is 2.15. The first-order valence-electron chi connectivity index (χ1n) is 5.14. The van der Waals surface area contributed by atoms with Crippen molar-refractivity contribution in [3.63, 3.8) is 0 Å². The molecule has 1 aromatic carbocycles. The Kier molecular flexibility index (Phi) is 3.44. The standard InChI is InChI=1S/C11H12BrN3O2/c12-8-2-1-3-9(13)7(8)4-15-5-10(16)14-11(17)6-15/h1-3H,4-6,13H2,(H,14,16,17). The van der Waals surface area contributed by atoms with Crippen LogP contribution >= 0.6 is 15.9 Å². The molecule has 0 aromatic heterocycles. The zero-order chi connectivity index (χ0) is 12.4. The molecule has 3 N–H and O–H groups in total. The van der Waals surface area contributed by atoms with Crippen LogP contribution in [-0.2, 0) is 16.1 Å². The van der Waals surface area contributed by atoms with Gasteiger partial charge in [-0.2, -0.15) is 0 Å². The molecule has 0 unspecified atom stereocenters. The van der Waals surface area contributed by atoms with Crippen molar-refractivity contribution in [3.8, 4) is 0 Å². The van der Waals surface area contributed by atoms with E-state index in [1.807, 2.05) is 12.1 Å². The first-order chi connectivity index (χ1) is 8.06. The number of nitrogens with zero attached hydrogens (tertiary/aromatic N) is 1. The van der Waals surface area contributed by atoms with Crippen molar-refractivity contribution < 1.29 is 9.59 Å². The molecule has 2 amide bonds. The summed E-state index contributed by atoms with van der Waals surface area (Å²) in [6.45, 7) is 0.908. The van der Waals surface area contributed by atoms with Crippen LogP contribution < -0.4 is 11.1 Å². The van der Waals surface area contributed by atoms with Crippen molar-refractivity contribution in [1.29, 1.82) is 0 Å². The summed E-state index contributed by atoms with van der Waals surface area (Å²) in [4.78, 5) is 24.2. The van der Waals surface area contributed by atoms with Crippen molar-refractivity contribution in [2.45, 2.75) is 6.54 Å². The van der Waals surface area contributed by atoms with Crippen molar-refractivity contribution in [2.24, 2.45) is 0 Å². The Morgan fingerprint density at radius 2 is 1.94 bits per heavy atom. The molecule has 17 heavy (non-hydrogen) atoms. The molecular formula is C11H12BrN3O2. The van der Waals surface area contributed by atoms with Gasteiger partial charge in [0.2, 0.25) is 11.8 Å². The van der Waals surface area contributed by atoms with Gasteiger partial charge in [0.05, 0.1) is 13.1 Å². The quantitative estimate of drug-likeness (QED) is 0.615. The second-order valence-corrected chi connectivity index (χ2v) is 4.78. The van der Waals surface area contributed by atoms with E-state index in [1.165, 1.54) is 0 Å². The van der Waals surface area contributed by atoms with E-state index in [-0.39, 0.29) is 24.9 Å². The fourth-order valence-electron chi connectivity index (χ4n) is 1.77. The van der Waals surface area contributed by atoms with Crippen molar-refractivity contribution in [3.05, 3.63) is 28.2 Å². The van der Waals surface area contributed by atoms with Crippen molar-refractivity contribution in [2.75, 3.05) is 18.8 Å². The number of amides is 2. The average molecular weight is 298 g/mol. The van der Waals surface area contributed by atoms with Crippen LogP contribution in [-0.4, -0.2) is 29.8 Å². The summed E-state index contributed by atoms with van der Waals surface area (Å²) < 4.78 is 0.885. The van der Waals surface area contributed by atoms with Crippen molar-refractivity contribution >= 4 is 33.4 Å². The summed E-state index contributed by atoms with van der Waals surface area (Å²) >= 11 is 3.41. The van der Waals surface area contributed by atoms with E-state index in [2.05, 4.69) is 21.2 Å². The molecule has 1 heterocycles. The van der Waals surface area contributed by atoms with Crippen LogP contribution in [0.4, 0.5) is 5.69 Å². The normalized spacial score (nSPS) is 17.0. The molecule has 0 spiro atoms. The van der Waals surface area contributed by atoms with Gasteiger partial charge in [0, 0.05) is 22.3 Å². The third-order valence-electron chi connectivity index (χ3n) is 2.55. The van der Waals surface area contributed by atoms with Gasteiger partial charge >= 0.3 is 0 Å². The Hall–Kier alpha value is -1.40. The van der Waals surface area contributed by atoms with Crippen LogP contribution in [0.3, 0.4) is 0 Å². The van der Waals surface area contributed by atoms with Crippen LogP contribution in [0.15, 0.2) is 22.7 Å². The van der Waals surface area contributed by atoms with Gasteiger partial charge < -0.3 is 5.73 Å². The van der Waals surface area contributed by atoms with Crippen LogP contribution in [0.25, 0.3) is 0 Å². The number of piperazine rings is 1. The maximum absolute atomic E-state index is 11.2. The highest BCUT2D eigenvalue weighted by Gasteiger charge is 2.23. The lowest BCUT2D eigenvalue weighted by Gasteiger charge is -2.26. The Morgan fingerprint density at radius 1 is 1.29 bits per heavy atom. The minimum absolute atomic E-state index is 0.215. The monoisotopic (exact) mass is 297 g/mol. The molecule has 1 aromatic rings. The fraction of sp³-hybridized carbons (Fsp3) is 0.273. The minimum Gasteiger partial charge on any atom is -0.398 e. The molecule has 1 aliphatic rings. The van der Waals surface area contributed by atoms with Crippen LogP contribution in [0, 0.1) is 0 Å². The van der Waals surface area contributed by atoms with Gasteiger partial charge in [-0.05, 0) is 12.1 Å². The average Bonchev–Trinajstić information content (AvgIpc) is 2.22. The minimum atomic E-state index is -0.271. The first-order valence-corrected chi connectivity index (χ1v) is 5.93. The van der Waals surface area contributed by atoms with Gasteiger partial charge in [0.15, 0.2) is 0 Å². The number of hydrogen-bond donors (Lipinski definition) is 2. The van der Waals surface area contributed by atoms with E-state index in [0.29, 0.717) is 12.2 Å². The van der Waals surface area contributed by atoms with E-state index < -0.39 is 0 Å². The number of nitrogens with one attached hydrogen (secondary N) is 1. The SMILES string of the molecule is Nc1cccc(Br)c1CN1CC(=O)NC(=O)C1. The lowest BCUT2D eigenvalue weighted by Crippen LogP contribution is -2.50. The number of hydrogen-bond acceptors (Lipinski definition) is 4. The predicted octanol–water partition coefficient (Wildman–Crippen LogP) is 0.490. The third-order valence-corrected chi connectivity index (χ3v) is 3.29. The van der Waals surface area contributed by atoms with Crippen LogP contribution in [0.5, 0.6) is 0 Å².